The molecule has 13 aromatic rings. The monoisotopic (exact) mass is 717 g/mol. The van der Waals surface area contributed by atoms with E-state index in [0.717, 1.165) is 44.6 Å². The average molecular weight is 718 g/mol. The van der Waals surface area contributed by atoms with Crippen LogP contribution in [0.5, 0.6) is 0 Å². The Morgan fingerprint density at radius 2 is 1.05 bits per heavy atom. The molecule has 0 unspecified atom stereocenters. The second-order valence-corrected chi connectivity index (χ2v) is 15.5. The van der Waals surface area contributed by atoms with Crippen LogP contribution in [0.1, 0.15) is 0 Å². The molecular formula is C50H27N3OS. The van der Waals surface area contributed by atoms with Crippen molar-refractivity contribution < 1.29 is 4.42 Å². The fourth-order valence-electron chi connectivity index (χ4n) is 9.23. The highest BCUT2D eigenvalue weighted by atomic mass is 32.1. The maximum Gasteiger partial charge on any atom is 0.247 e. The minimum absolute atomic E-state index is 0.532. The van der Waals surface area contributed by atoms with Gasteiger partial charge in [0.1, 0.15) is 16.8 Å². The number of nitrogens with zero attached hydrogens (tertiary/aromatic N) is 3. The normalized spacial score (nSPS) is 12.4. The van der Waals surface area contributed by atoms with Crippen LogP contribution in [0.2, 0.25) is 0 Å². The fraction of sp³-hybridized carbons (Fsp3) is 0. The molecule has 0 aliphatic heterocycles. The van der Waals surface area contributed by atoms with E-state index < -0.39 is 0 Å². The van der Waals surface area contributed by atoms with Crippen molar-refractivity contribution in [1.29, 1.82) is 0 Å². The molecule has 0 aliphatic rings. The Morgan fingerprint density at radius 3 is 1.89 bits per heavy atom. The highest BCUT2D eigenvalue weighted by Crippen LogP contribution is 2.47. The van der Waals surface area contributed by atoms with Gasteiger partial charge in [0.05, 0.1) is 11.0 Å². The third-order valence-corrected chi connectivity index (χ3v) is 12.7. The van der Waals surface area contributed by atoms with E-state index in [0.29, 0.717) is 5.71 Å². The smallest absolute Gasteiger partial charge is 0.247 e. The Balaban J connectivity index is 1.25. The lowest BCUT2D eigenvalue weighted by atomic mass is 9.91. The maximum atomic E-state index is 6.43. The number of furan rings is 1. The van der Waals surface area contributed by atoms with Crippen molar-refractivity contribution in [3.05, 3.63) is 164 Å². The predicted molar refractivity (Wildman–Crippen MR) is 232 cm³/mol. The van der Waals surface area contributed by atoms with Crippen molar-refractivity contribution in [2.45, 2.75) is 0 Å². The average Bonchev–Trinajstić information content (AvgIpc) is 3.92. The number of hydrogen-bond acceptors (Lipinski definition) is 4. The maximum absolute atomic E-state index is 6.43. The van der Waals surface area contributed by atoms with Gasteiger partial charge < -0.3 is 4.42 Å². The summed E-state index contributed by atoms with van der Waals surface area (Å²) in [6, 6.07) is 59.0. The van der Waals surface area contributed by atoms with Crippen LogP contribution < -0.4 is 0 Å². The van der Waals surface area contributed by atoms with Crippen LogP contribution in [0.3, 0.4) is 0 Å². The Morgan fingerprint density at radius 1 is 0.436 bits per heavy atom. The lowest BCUT2D eigenvalue weighted by Gasteiger charge is -2.14. The predicted octanol–water partition coefficient (Wildman–Crippen LogP) is 14.1. The van der Waals surface area contributed by atoms with Gasteiger partial charge in [-0.1, -0.05) is 121 Å². The van der Waals surface area contributed by atoms with Crippen LogP contribution >= 0.6 is 11.3 Å². The van der Waals surface area contributed by atoms with Crippen molar-refractivity contribution >= 4 is 119 Å². The van der Waals surface area contributed by atoms with Crippen LogP contribution in [0.25, 0.3) is 124 Å². The van der Waals surface area contributed by atoms with Crippen LogP contribution in [0.4, 0.5) is 0 Å². The second kappa shape index (κ2) is 10.8. The van der Waals surface area contributed by atoms with Crippen molar-refractivity contribution in [1.82, 2.24) is 14.5 Å². The van der Waals surface area contributed by atoms with E-state index in [2.05, 4.69) is 150 Å². The first-order chi connectivity index (χ1) is 27.3. The number of rotatable bonds is 2. The van der Waals surface area contributed by atoms with Gasteiger partial charge in [-0.05, 0) is 80.2 Å². The van der Waals surface area contributed by atoms with E-state index in [9.17, 15) is 0 Å². The van der Waals surface area contributed by atoms with Crippen molar-refractivity contribution in [3.8, 4) is 17.1 Å². The van der Waals surface area contributed by atoms with E-state index >= 15 is 0 Å². The molecule has 0 N–H and O–H groups in total. The van der Waals surface area contributed by atoms with Crippen LogP contribution in [-0.2, 0) is 0 Å². The zero-order valence-corrected chi connectivity index (χ0v) is 30.1. The molecule has 0 fully saturated rings. The molecule has 0 saturated carbocycles. The Labute approximate surface area is 317 Å². The van der Waals surface area contributed by atoms with Crippen LogP contribution in [-0.4, -0.2) is 14.5 Å². The van der Waals surface area contributed by atoms with Crippen LogP contribution in [0, 0.1) is 0 Å². The third-order valence-electron chi connectivity index (χ3n) is 11.6. The molecule has 4 aromatic heterocycles. The van der Waals surface area contributed by atoms with Crippen molar-refractivity contribution in [2.75, 3.05) is 0 Å². The Bertz CT molecular complexity index is 3760. The first-order valence-electron chi connectivity index (χ1n) is 18.6. The summed E-state index contributed by atoms with van der Waals surface area (Å²) in [5.74, 6) is 0.776. The molecule has 4 nitrogen and oxygen atoms in total. The van der Waals surface area contributed by atoms with Crippen molar-refractivity contribution in [2.24, 2.45) is 0 Å². The molecule has 13 rings (SSSR count). The molecule has 0 amide bonds. The summed E-state index contributed by atoms with van der Waals surface area (Å²) in [5.41, 5.74) is 6.01. The largest absolute Gasteiger partial charge is 0.436 e. The zero-order chi connectivity index (χ0) is 35.8. The third kappa shape index (κ3) is 3.94. The quantitative estimate of drug-likeness (QED) is 0.167. The van der Waals surface area contributed by atoms with Gasteiger partial charge in [0, 0.05) is 47.3 Å². The Hall–Kier alpha value is -7.08. The number of benzene rings is 9. The van der Waals surface area contributed by atoms with E-state index in [1.54, 1.807) is 0 Å². The van der Waals surface area contributed by atoms with Gasteiger partial charge in [-0.15, -0.1) is 11.3 Å². The summed E-state index contributed by atoms with van der Waals surface area (Å²) in [5, 5.41) is 15.8. The summed E-state index contributed by atoms with van der Waals surface area (Å²) in [4.78, 5) is 11.0. The summed E-state index contributed by atoms with van der Waals surface area (Å²) >= 11 is 1.82. The standard InChI is InChI=1S/C50H27N3OS/c1-2-12-30-28(11-1)21-24-39-45(30)46-40(25-23-36-33-15-4-3-13-31(33)32-14-5-6-17-35(32)44(36)46)53(39)49-47(52-50-48(51-49)37-18-7-9-19-41(37)54-50)29-22-26-43-38(27-29)34-16-8-10-20-42(34)55-43/h1-27H. The molecule has 0 spiro atoms. The van der Waals surface area contributed by atoms with Gasteiger partial charge in [0.25, 0.3) is 0 Å². The molecule has 55 heavy (non-hydrogen) atoms. The molecule has 254 valence electrons. The molecule has 0 radical (unpaired) electrons. The second-order valence-electron chi connectivity index (χ2n) is 14.4. The molecule has 9 aromatic carbocycles. The van der Waals surface area contributed by atoms with Gasteiger partial charge in [-0.3, -0.25) is 4.57 Å². The molecule has 0 bridgehead atoms. The van der Waals surface area contributed by atoms with Gasteiger partial charge in [0.15, 0.2) is 5.82 Å². The summed E-state index contributed by atoms with van der Waals surface area (Å²) in [7, 11) is 0. The molecule has 0 atom stereocenters. The molecule has 0 saturated heterocycles. The number of fused-ring (bicyclic) bond motifs is 18. The summed E-state index contributed by atoms with van der Waals surface area (Å²) in [6.07, 6.45) is 0. The highest BCUT2D eigenvalue weighted by molar-refractivity contribution is 7.25. The Kier molecular flexibility index (Phi) is 5.74. The van der Waals surface area contributed by atoms with E-state index in [4.69, 9.17) is 14.4 Å². The minimum atomic E-state index is 0.532. The lowest BCUT2D eigenvalue weighted by Crippen LogP contribution is -2.03. The summed E-state index contributed by atoms with van der Waals surface area (Å²) < 4.78 is 11.3. The first-order valence-corrected chi connectivity index (χ1v) is 19.4. The number of aromatic nitrogens is 3. The van der Waals surface area contributed by atoms with Gasteiger partial charge in [0.2, 0.25) is 5.71 Å². The number of hydrogen-bond donors (Lipinski definition) is 0. The molecule has 4 heterocycles. The van der Waals surface area contributed by atoms with Crippen LogP contribution in [0.15, 0.2) is 168 Å². The molecule has 0 aliphatic carbocycles. The number of para-hydroxylation sites is 1. The topological polar surface area (TPSA) is 43.9 Å². The van der Waals surface area contributed by atoms with E-state index in [-0.39, 0.29) is 0 Å². The zero-order valence-electron chi connectivity index (χ0n) is 29.2. The summed E-state index contributed by atoms with van der Waals surface area (Å²) in [6.45, 7) is 0. The minimum Gasteiger partial charge on any atom is -0.436 e. The van der Waals surface area contributed by atoms with Gasteiger partial charge in [-0.25, -0.2) is 9.97 Å². The van der Waals surface area contributed by atoms with Gasteiger partial charge in [-0.2, -0.15) is 0 Å². The number of thiophene rings is 1. The molecule has 5 heteroatoms. The highest BCUT2D eigenvalue weighted by Gasteiger charge is 2.25. The SMILES string of the molecule is c1ccc2c(c1)ccc1c2c2c3c4ccccc4c4ccccc4c3ccc2n1-c1nc2c(nc1-c1ccc3sc4ccccc4c3c1)oc1ccccc12. The lowest BCUT2D eigenvalue weighted by molar-refractivity contribution is 0.653. The fourth-order valence-corrected chi connectivity index (χ4v) is 10.3. The van der Waals surface area contributed by atoms with E-state index in [1.807, 2.05) is 29.5 Å². The molecular weight excluding hydrogens is 691 g/mol. The van der Waals surface area contributed by atoms with Gasteiger partial charge >= 0.3 is 0 Å². The van der Waals surface area contributed by atoms with E-state index in [1.165, 1.54) is 74.0 Å². The van der Waals surface area contributed by atoms with Crippen molar-refractivity contribution in [3.63, 3.8) is 0 Å². The first kappa shape index (κ1) is 29.4.